The van der Waals surface area contributed by atoms with Gasteiger partial charge in [0.05, 0.1) is 12.2 Å². The summed E-state index contributed by atoms with van der Waals surface area (Å²) in [7, 11) is 0. The van der Waals surface area contributed by atoms with Crippen LogP contribution in [0.3, 0.4) is 0 Å². The first-order valence-corrected chi connectivity index (χ1v) is 10.8. The van der Waals surface area contributed by atoms with Crippen LogP contribution in [0, 0.1) is 12.8 Å². The summed E-state index contributed by atoms with van der Waals surface area (Å²) in [6.45, 7) is 2.04. The van der Waals surface area contributed by atoms with Crippen LogP contribution in [-0.4, -0.2) is 27.8 Å². The number of aromatic nitrogens is 2. The molecule has 2 aromatic rings. The van der Waals surface area contributed by atoms with E-state index in [0.29, 0.717) is 24.4 Å². The number of piperidine rings is 1. The van der Waals surface area contributed by atoms with Crippen molar-refractivity contribution >= 4 is 24.1 Å². The number of nitrogens with one attached hydrogen (secondary N) is 2. The molecule has 2 bridgehead atoms. The largest absolute Gasteiger partial charge is 0.311 e. The van der Waals surface area contributed by atoms with Crippen molar-refractivity contribution in [1.29, 1.82) is 0 Å². The molecule has 3 atom stereocenters. The Hall–Kier alpha value is -1.85. The lowest BCUT2D eigenvalue weighted by Gasteiger charge is -2.29. The van der Waals surface area contributed by atoms with Crippen molar-refractivity contribution in [3.63, 3.8) is 0 Å². The molecule has 1 aromatic carbocycles. The van der Waals surface area contributed by atoms with Gasteiger partial charge in [-0.25, -0.2) is 4.68 Å². The van der Waals surface area contributed by atoms with Crippen LogP contribution in [0.15, 0.2) is 30.5 Å². The standard InChI is InChI=1S/C23H30N4O.ClH/c1-15-14-24-27(21-8-4-6-17-5-2-3-7-20(17)21)23(15)26-22(28)13-16-11-18-9-10-19(12-16)25-18;/h2-3,5,7,14,16,18-19,21,25H,4,6,8-13H2,1H3,(H,26,28);1H. The number of carbonyl (C=O) groups is 1. The molecule has 6 heteroatoms. The Morgan fingerprint density at radius 3 is 2.76 bits per heavy atom. The van der Waals surface area contributed by atoms with E-state index in [1.54, 1.807) is 0 Å². The quantitative estimate of drug-likeness (QED) is 0.779. The number of rotatable bonds is 4. The maximum atomic E-state index is 12.9. The van der Waals surface area contributed by atoms with Crippen LogP contribution in [0.2, 0.25) is 0 Å². The lowest BCUT2D eigenvalue weighted by Crippen LogP contribution is -2.39. The molecule has 0 spiro atoms. The Morgan fingerprint density at radius 2 is 1.97 bits per heavy atom. The molecule has 3 aliphatic rings. The zero-order valence-electron chi connectivity index (χ0n) is 17.1. The van der Waals surface area contributed by atoms with Crippen LogP contribution in [0.5, 0.6) is 0 Å². The van der Waals surface area contributed by atoms with Crippen LogP contribution in [0.25, 0.3) is 0 Å². The van der Waals surface area contributed by atoms with Gasteiger partial charge in [0.25, 0.3) is 0 Å². The third-order valence-corrected chi connectivity index (χ3v) is 6.91. The van der Waals surface area contributed by atoms with Gasteiger partial charge in [0.2, 0.25) is 5.91 Å². The summed E-state index contributed by atoms with van der Waals surface area (Å²) in [5.74, 6) is 1.52. The van der Waals surface area contributed by atoms with Crippen LogP contribution < -0.4 is 10.6 Å². The zero-order chi connectivity index (χ0) is 19.1. The smallest absolute Gasteiger partial charge is 0.225 e. The molecule has 3 unspecified atom stereocenters. The van der Waals surface area contributed by atoms with Gasteiger partial charge >= 0.3 is 0 Å². The summed E-state index contributed by atoms with van der Waals surface area (Å²) >= 11 is 0. The number of amides is 1. The van der Waals surface area contributed by atoms with E-state index in [1.165, 1.54) is 24.0 Å². The van der Waals surface area contributed by atoms with E-state index >= 15 is 0 Å². The van der Waals surface area contributed by atoms with Gasteiger partial charge in [-0.3, -0.25) is 4.79 Å². The predicted molar refractivity (Wildman–Crippen MR) is 118 cm³/mol. The Balaban J connectivity index is 0.00000205. The molecular weight excluding hydrogens is 384 g/mol. The molecule has 156 valence electrons. The summed E-state index contributed by atoms with van der Waals surface area (Å²) in [6.07, 6.45) is 10.7. The van der Waals surface area contributed by atoms with E-state index in [0.717, 1.165) is 43.5 Å². The Morgan fingerprint density at radius 1 is 1.21 bits per heavy atom. The summed E-state index contributed by atoms with van der Waals surface area (Å²) in [6, 6.07) is 10.1. The van der Waals surface area contributed by atoms with Crippen molar-refractivity contribution in [2.75, 3.05) is 5.32 Å². The lowest BCUT2D eigenvalue weighted by molar-refractivity contribution is -0.117. The summed E-state index contributed by atoms with van der Waals surface area (Å²) < 4.78 is 2.05. The number of halogens is 1. The molecule has 29 heavy (non-hydrogen) atoms. The van der Waals surface area contributed by atoms with Gasteiger partial charge < -0.3 is 10.6 Å². The number of benzene rings is 1. The molecule has 5 rings (SSSR count). The molecule has 1 aliphatic carbocycles. The van der Waals surface area contributed by atoms with Crippen LogP contribution >= 0.6 is 12.4 Å². The van der Waals surface area contributed by atoms with Gasteiger partial charge in [0.15, 0.2) is 0 Å². The first kappa shape index (κ1) is 20.4. The normalized spacial score (nSPS) is 27.8. The molecule has 2 N–H and O–H groups in total. The number of nitrogens with zero attached hydrogens (tertiary/aromatic N) is 2. The molecule has 3 heterocycles. The molecule has 0 saturated carbocycles. The molecular formula is C23H31ClN4O. The molecule has 2 aliphatic heterocycles. The molecule has 0 radical (unpaired) electrons. The molecule has 1 amide bonds. The molecule has 1 aromatic heterocycles. The highest BCUT2D eigenvalue weighted by atomic mass is 35.5. The fourth-order valence-corrected chi connectivity index (χ4v) is 5.61. The second-order valence-electron chi connectivity index (χ2n) is 8.96. The van der Waals surface area contributed by atoms with E-state index in [-0.39, 0.29) is 24.4 Å². The Bertz CT molecular complexity index is 868. The van der Waals surface area contributed by atoms with Crippen molar-refractivity contribution in [2.24, 2.45) is 5.92 Å². The van der Waals surface area contributed by atoms with Crippen molar-refractivity contribution in [2.45, 2.75) is 76.4 Å². The van der Waals surface area contributed by atoms with Crippen molar-refractivity contribution < 1.29 is 4.79 Å². The van der Waals surface area contributed by atoms with Crippen molar-refractivity contribution in [3.05, 3.63) is 47.2 Å². The van der Waals surface area contributed by atoms with E-state index in [1.807, 2.05) is 13.1 Å². The summed E-state index contributed by atoms with van der Waals surface area (Å²) in [4.78, 5) is 12.9. The zero-order valence-corrected chi connectivity index (χ0v) is 17.9. The van der Waals surface area contributed by atoms with Crippen LogP contribution in [0.1, 0.15) is 67.7 Å². The highest BCUT2D eigenvalue weighted by Crippen LogP contribution is 2.36. The number of hydrogen-bond donors (Lipinski definition) is 2. The minimum Gasteiger partial charge on any atom is -0.311 e. The first-order chi connectivity index (χ1) is 13.7. The van der Waals surface area contributed by atoms with Crippen molar-refractivity contribution in [1.82, 2.24) is 15.1 Å². The first-order valence-electron chi connectivity index (χ1n) is 10.8. The lowest BCUT2D eigenvalue weighted by atomic mass is 9.88. The average Bonchev–Trinajstić information content (AvgIpc) is 3.23. The fraction of sp³-hybridized carbons (Fsp3) is 0.565. The Labute approximate surface area is 179 Å². The van der Waals surface area contributed by atoms with Gasteiger partial charge in [0, 0.05) is 24.1 Å². The highest BCUT2D eigenvalue weighted by Gasteiger charge is 2.34. The van der Waals surface area contributed by atoms with Crippen molar-refractivity contribution in [3.8, 4) is 0 Å². The molecule has 5 nitrogen and oxygen atoms in total. The van der Waals surface area contributed by atoms with Crippen LogP contribution in [-0.2, 0) is 11.2 Å². The van der Waals surface area contributed by atoms with Gasteiger partial charge in [0.1, 0.15) is 5.82 Å². The minimum atomic E-state index is 0. The SMILES string of the molecule is Cc1cnn(C2CCCc3ccccc32)c1NC(=O)CC1CC2CCC(C1)N2.Cl. The number of fused-ring (bicyclic) bond motifs is 3. The van der Waals surface area contributed by atoms with E-state index < -0.39 is 0 Å². The second kappa shape index (κ2) is 8.49. The Kier molecular flexibility index (Phi) is 5.98. The second-order valence-corrected chi connectivity index (χ2v) is 8.96. The predicted octanol–water partition coefficient (Wildman–Crippen LogP) is 4.40. The maximum Gasteiger partial charge on any atom is 0.225 e. The van der Waals surface area contributed by atoms with Gasteiger partial charge in [-0.15, -0.1) is 12.4 Å². The summed E-state index contributed by atoms with van der Waals surface area (Å²) in [5, 5.41) is 11.6. The number of hydrogen-bond acceptors (Lipinski definition) is 3. The third kappa shape index (κ3) is 4.08. The number of carbonyl (C=O) groups excluding carboxylic acids is 1. The van der Waals surface area contributed by atoms with E-state index in [9.17, 15) is 4.79 Å². The highest BCUT2D eigenvalue weighted by molar-refractivity contribution is 5.90. The summed E-state index contributed by atoms with van der Waals surface area (Å²) in [5.41, 5.74) is 3.80. The van der Waals surface area contributed by atoms with Crippen LogP contribution in [0.4, 0.5) is 5.82 Å². The van der Waals surface area contributed by atoms with Gasteiger partial charge in [-0.05, 0) is 68.9 Å². The molecule has 2 fully saturated rings. The monoisotopic (exact) mass is 414 g/mol. The maximum absolute atomic E-state index is 12.9. The number of aryl methyl sites for hydroxylation is 2. The topological polar surface area (TPSA) is 59.0 Å². The van der Waals surface area contributed by atoms with E-state index in [2.05, 4.69) is 44.7 Å². The van der Waals surface area contributed by atoms with E-state index in [4.69, 9.17) is 0 Å². The minimum absolute atomic E-state index is 0. The number of anilines is 1. The fourth-order valence-electron chi connectivity index (χ4n) is 5.61. The third-order valence-electron chi connectivity index (χ3n) is 6.91. The van der Waals surface area contributed by atoms with Gasteiger partial charge in [-0.1, -0.05) is 24.3 Å². The average molecular weight is 415 g/mol. The molecule has 2 saturated heterocycles. The van der Waals surface area contributed by atoms with Gasteiger partial charge in [-0.2, -0.15) is 5.10 Å².